The molecule has 1 atom stereocenters. The van der Waals surface area contributed by atoms with E-state index in [-0.39, 0.29) is 0 Å². The molecule has 6 nitrogen and oxygen atoms in total. The monoisotopic (exact) mass is 248 g/mol. The first-order valence-corrected chi connectivity index (χ1v) is 5.90. The summed E-state index contributed by atoms with van der Waals surface area (Å²) in [7, 11) is 0. The van der Waals surface area contributed by atoms with Crippen molar-refractivity contribution >= 4 is 11.9 Å². The van der Waals surface area contributed by atoms with Gasteiger partial charge in [0.05, 0.1) is 6.20 Å². The number of fused-ring (bicyclic) bond motifs is 1. The zero-order valence-electron chi connectivity index (χ0n) is 10.4. The summed E-state index contributed by atoms with van der Waals surface area (Å²) in [5.41, 5.74) is 1.89. The first-order chi connectivity index (χ1) is 8.76. The molecule has 0 bridgehead atoms. The summed E-state index contributed by atoms with van der Waals surface area (Å²) in [6.45, 7) is 4.90. The third kappa shape index (κ3) is 2.55. The first kappa shape index (κ1) is 12.7. The van der Waals surface area contributed by atoms with Crippen LogP contribution in [0.3, 0.4) is 0 Å². The highest BCUT2D eigenvalue weighted by Gasteiger charge is 2.14. The predicted octanol–water partition coefficient (Wildman–Crippen LogP) is 1.20. The van der Waals surface area contributed by atoms with E-state index in [1.165, 1.54) is 0 Å². The number of ether oxygens (including phenoxy) is 1. The van der Waals surface area contributed by atoms with Gasteiger partial charge in [-0.25, -0.2) is 9.50 Å². The number of aromatic nitrogens is 3. The van der Waals surface area contributed by atoms with E-state index in [0.29, 0.717) is 30.2 Å². The van der Waals surface area contributed by atoms with E-state index in [1.807, 2.05) is 26.0 Å². The third-order valence-corrected chi connectivity index (χ3v) is 2.39. The van der Waals surface area contributed by atoms with Gasteiger partial charge in [0.2, 0.25) is 0 Å². The smallest absolute Gasteiger partial charge is 0.200 e. The standard InChI is InChI=1S/C12H16N4O2/c1-3-13-7-9-5-6-11-14-8-10(16(11)15-9)12(17)18-4-2/h5-8,12,17H,3-4H2,1-2H3/b13-7+. The minimum absolute atomic E-state index is 0.422. The number of hydrogen-bond acceptors (Lipinski definition) is 5. The lowest BCUT2D eigenvalue weighted by Gasteiger charge is -2.09. The number of aliphatic imine (C=N–C) groups is 1. The van der Waals surface area contributed by atoms with Crippen molar-refractivity contribution in [2.45, 2.75) is 20.1 Å². The van der Waals surface area contributed by atoms with Gasteiger partial charge in [0, 0.05) is 19.4 Å². The minimum Gasteiger partial charge on any atom is -0.363 e. The van der Waals surface area contributed by atoms with Crippen molar-refractivity contribution in [1.82, 2.24) is 14.6 Å². The molecule has 1 N–H and O–H groups in total. The number of hydrogen-bond donors (Lipinski definition) is 1. The Morgan fingerprint density at radius 1 is 1.50 bits per heavy atom. The van der Waals surface area contributed by atoms with Gasteiger partial charge in [-0.05, 0) is 26.0 Å². The zero-order valence-corrected chi connectivity index (χ0v) is 10.4. The normalized spacial score (nSPS) is 13.5. The Balaban J connectivity index is 2.39. The largest absolute Gasteiger partial charge is 0.363 e. The molecule has 2 heterocycles. The van der Waals surface area contributed by atoms with Crippen LogP contribution in [0, 0.1) is 0 Å². The lowest BCUT2D eigenvalue weighted by atomic mass is 10.4. The molecule has 0 radical (unpaired) electrons. The van der Waals surface area contributed by atoms with Crippen molar-refractivity contribution in [2.75, 3.05) is 13.2 Å². The van der Waals surface area contributed by atoms with Gasteiger partial charge in [-0.3, -0.25) is 4.99 Å². The van der Waals surface area contributed by atoms with E-state index in [9.17, 15) is 5.11 Å². The van der Waals surface area contributed by atoms with E-state index in [4.69, 9.17) is 4.74 Å². The summed E-state index contributed by atoms with van der Waals surface area (Å²) in [5.74, 6) is 0. The van der Waals surface area contributed by atoms with Crippen LogP contribution in [-0.4, -0.2) is 39.1 Å². The molecule has 2 aromatic rings. The second-order valence-corrected chi connectivity index (χ2v) is 3.65. The molecule has 96 valence electrons. The average Bonchev–Trinajstić information content (AvgIpc) is 2.79. The molecule has 0 saturated heterocycles. The summed E-state index contributed by atoms with van der Waals surface area (Å²) in [6, 6.07) is 3.66. The lowest BCUT2D eigenvalue weighted by molar-refractivity contribution is -0.102. The lowest BCUT2D eigenvalue weighted by Crippen LogP contribution is -2.08. The van der Waals surface area contributed by atoms with Gasteiger partial charge in [-0.2, -0.15) is 5.10 Å². The van der Waals surface area contributed by atoms with Crippen molar-refractivity contribution in [1.29, 1.82) is 0 Å². The first-order valence-electron chi connectivity index (χ1n) is 5.90. The second-order valence-electron chi connectivity index (χ2n) is 3.65. The Hall–Kier alpha value is -1.79. The molecule has 0 saturated carbocycles. The fourth-order valence-corrected chi connectivity index (χ4v) is 1.57. The molecule has 2 rings (SSSR count). The SMILES string of the molecule is CC/N=C/c1ccc2ncc(C(O)OCC)n2n1. The number of rotatable bonds is 5. The Kier molecular flexibility index (Phi) is 4.01. The van der Waals surface area contributed by atoms with Crippen LogP contribution in [0.5, 0.6) is 0 Å². The number of imidazole rings is 1. The van der Waals surface area contributed by atoms with Crippen LogP contribution in [0.15, 0.2) is 23.3 Å². The van der Waals surface area contributed by atoms with Crippen molar-refractivity contribution < 1.29 is 9.84 Å². The minimum atomic E-state index is -1.02. The average molecular weight is 248 g/mol. The molecule has 0 spiro atoms. The van der Waals surface area contributed by atoms with Crippen LogP contribution < -0.4 is 0 Å². The fourth-order valence-electron chi connectivity index (χ4n) is 1.57. The third-order valence-electron chi connectivity index (χ3n) is 2.39. The van der Waals surface area contributed by atoms with Gasteiger partial charge in [-0.1, -0.05) is 0 Å². The molecule has 0 aliphatic carbocycles. The molecule has 6 heteroatoms. The van der Waals surface area contributed by atoms with E-state index >= 15 is 0 Å². The molecule has 0 aliphatic heterocycles. The van der Waals surface area contributed by atoms with Gasteiger partial charge >= 0.3 is 0 Å². The molecule has 2 aromatic heterocycles. The van der Waals surface area contributed by atoms with Crippen LogP contribution in [-0.2, 0) is 4.74 Å². The number of aliphatic hydroxyl groups is 1. The van der Waals surface area contributed by atoms with Crippen LogP contribution in [0.4, 0.5) is 0 Å². The summed E-state index contributed by atoms with van der Waals surface area (Å²) >= 11 is 0. The molecule has 0 aliphatic rings. The van der Waals surface area contributed by atoms with E-state index in [0.717, 1.165) is 0 Å². The molecule has 0 aromatic carbocycles. The van der Waals surface area contributed by atoms with Crippen molar-refractivity contribution in [3.8, 4) is 0 Å². The number of aliphatic hydroxyl groups excluding tert-OH is 1. The Bertz CT molecular complexity index is 550. The Morgan fingerprint density at radius 3 is 3.06 bits per heavy atom. The van der Waals surface area contributed by atoms with Crippen LogP contribution in [0.2, 0.25) is 0 Å². The van der Waals surface area contributed by atoms with Gasteiger partial charge in [0.15, 0.2) is 11.9 Å². The summed E-state index contributed by atoms with van der Waals surface area (Å²) in [6.07, 6.45) is 2.23. The van der Waals surface area contributed by atoms with E-state index in [1.54, 1.807) is 16.9 Å². The highest BCUT2D eigenvalue weighted by atomic mass is 16.6. The molecule has 0 amide bonds. The van der Waals surface area contributed by atoms with Crippen LogP contribution >= 0.6 is 0 Å². The molecular weight excluding hydrogens is 232 g/mol. The van der Waals surface area contributed by atoms with Gasteiger partial charge in [0.25, 0.3) is 0 Å². The highest BCUT2D eigenvalue weighted by molar-refractivity contribution is 5.77. The Labute approximate surface area is 105 Å². The maximum atomic E-state index is 9.82. The van der Waals surface area contributed by atoms with Crippen molar-refractivity contribution in [2.24, 2.45) is 4.99 Å². The van der Waals surface area contributed by atoms with Gasteiger partial charge < -0.3 is 9.84 Å². The Morgan fingerprint density at radius 2 is 2.33 bits per heavy atom. The van der Waals surface area contributed by atoms with Crippen LogP contribution in [0.1, 0.15) is 31.5 Å². The van der Waals surface area contributed by atoms with Crippen molar-refractivity contribution in [3.05, 3.63) is 29.7 Å². The molecule has 1 unspecified atom stereocenters. The topological polar surface area (TPSA) is 72.0 Å². The quantitative estimate of drug-likeness (QED) is 0.637. The van der Waals surface area contributed by atoms with Gasteiger partial charge in [-0.15, -0.1) is 0 Å². The molecule has 0 fully saturated rings. The maximum absolute atomic E-state index is 9.82. The van der Waals surface area contributed by atoms with Gasteiger partial charge in [0.1, 0.15) is 11.4 Å². The highest BCUT2D eigenvalue weighted by Crippen LogP contribution is 2.15. The van der Waals surface area contributed by atoms with Crippen molar-refractivity contribution in [3.63, 3.8) is 0 Å². The van der Waals surface area contributed by atoms with E-state index in [2.05, 4.69) is 15.1 Å². The predicted molar refractivity (Wildman–Crippen MR) is 67.7 cm³/mol. The summed E-state index contributed by atoms with van der Waals surface area (Å²) in [5, 5.41) is 14.2. The molecule has 18 heavy (non-hydrogen) atoms. The fraction of sp³-hybridized carbons (Fsp3) is 0.417. The second kappa shape index (κ2) is 5.70. The summed E-state index contributed by atoms with van der Waals surface area (Å²) < 4.78 is 6.70. The zero-order chi connectivity index (χ0) is 13.0. The molecular formula is C12H16N4O2. The van der Waals surface area contributed by atoms with Crippen LogP contribution in [0.25, 0.3) is 5.65 Å². The number of nitrogens with zero attached hydrogens (tertiary/aromatic N) is 4. The summed E-state index contributed by atoms with van der Waals surface area (Å²) in [4.78, 5) is 8.29. The van der Waals surface area contributed by atoms with E-state index < -0.39 is 6.29 Å². The maximum Gasteiger partial charge on any atom is 0.200 e.